The van der Waals surface area contributed by atoms with Gasteiger partial charge in [-0.05, 0) is 19.9 Å². The van der Waals surface area contributed by atoms with Crippen LogP contribution in [0.2, 0.25) is 0 Å². The van der Waals surface area contributed by atoms with E-state index < -0.39 is 11.8 Å². The first kappa shape index (κ1) is 16.4. The third-order valence-corrected chi connectivity index (χ3v) is 3.52. The van der Waals surface area contributed by atoms with E-state index in [4.69, 9.17) is 4.52 Å². The van der Waals surface area contributed by atoms with Crippen molar-refractivity contribution in [1.82, 2.24) is 25.8 Å². The molecule has 0 atom stereocenters. The summed E-state index contributed by atoms with van der Waals surface area (Å²) in [5, 5.41) is 8.45. The van der Waals surface area contributed by atoms with Crippen LogP contribution in [-0.2, 0) is 6.54 Å². The average molecular weight is 341 g/mol. The lowest BCUT2D eigenvalue weighted by atomic mass is 10.1. The zero-order chi connectivity index (χ0) is 18.0. The lowest BCUT2D eigenvalue weighted by molar-refractivity contribution is 0.0822. The molecule has 0 spiro atoms. The molecule has 3 aromatic rings. The first-order valence-electron chi connectivity index (χ1n) is 7.55. The third-order valence-electron chi connectivity index (χ3n) is 3.52. The molecular formula is C16H15N5O4. The number of amides is 2. The number of fused-ring (bicyclic) bond motifs is 1. The fraction of sp³-hybridized carbons (Fsp3) is 0.188. The minimum atomic E-state index is -0.651. The predicted molar refractivity (Wildman–Crippen MR) is 87.8 cm³/mol. The molecule has 25 heavy (non-hydrogen) atoms. The van der Waals surface area contributed by atoms with E-state index in [0.717, 1.165) is 0 Å². The zero-order valence-corrected chi connectivity index (χ0v) is 13.6. The Morgan fingerprint density at radius 2 is 1.84 bits per heavy atom. The lowest BCUT2D eigenvalue weighted by Crippen LogP contribution is -2.42. The number of carbonyl (C=O) groups is 2. The maximum atomic E-state index is 12.4. The molecule has 2 aromatic heterocycles. The van der Waals surface area contributed by atoms with Gasteiger partial charge in [-0.1, -0.05) is 23.4 Å². The van der Waals surface area contributed by atoms with E-state index in [9.17, 15) is 14.4 Å². The number of rotatable bonds is 3. The molecule has 3 rings (SSSR count). The Balaban J connectivity index is 1.88. The molecule has 0 unspecified atom stereocenters. The highest BCUT2D eigenvalue weighted by Crippen LogP contribution is 2.13. The second kappa shape index (κ2) is 6.56. The van der Waals surface area contributed by atoms with E-state index >= 15 is 0 Å². The predicted octanol–water partition coefficient (Wildman–Crippen LogP) is 0.788. The molecule has 0 aliphatic rings. The minimum absolute atomic E-state index is 0.0332. The van der Waals surface area contributed by atoms with E-state index in [-0.39, 0.29) is 17.0 Å². The van der Waals surface area contributed by atoms with Crippen LogP contribution in [0.15, 0.2) is 39.6 Å². The van der Waals surface area contributed by atoms with E-state index in [1.165, 1.54) is 10.7 Å². The monoisotopic (exact) mass is 341 g/mol. The standard InChI is InChI=1S/C16H15N5O4/c1-3-21-16(24)11-7-5-4-6-10(11)13(19-21)15(23)18-17-14(22)12-8-9(2)20-25-12/h4-8H,3H2,1-2H3,(H,17,22)(H,18,23). The Labute approximate surface area is 141 Å². The van der Waals surface area contributed by atoms with Gasteiger partial charge in [-0.15, -0.1) is 0 Å². The second-order valence-electron chi connectivity index (χ2n) is 5.26. The number of aromatic nitrogens is 3. The van der Waals surface area contributed by atoms with Crippen molar-refractivity contribution < 1.29 is 14.1 Å². The Kier molecular flexibility index (Phi) is 4.29. The fourth-order valence-electron chi connectivity index (χ4n) is 2.32. The summed E-state index contributed by atoms with van der Waals surface area (Å²) in [7, 11) is 0. The molecule has 0 saturated carbocycles. The van der Waals surface area contributed by atoms with Crippen molar-refractivity contribution in [3.63, 3.8) is 0 Å². The van der Waals surface area contributed by atoms with Crippen LogP contribution in [0.25, 0.3) is 10.8 Å². The summed E-state index contributed by atoms with van der Waals surface area (Å²) in [6.45, 7) is 3.73. The van der Waals surface area contributed by atoms with E-state index in [1.54, 1.807) is 38.1 Å². The van der Waals surface area contributed by atoms with Gasteiger partial charge in [0, 0.05) is 18.0 Å². The van der Waals surface area contributed by atoms with Gasteiger partial charge >= 0.3 is 5.91 Å². The van der Waals surface area contributed by atoms with Gasteiger partial charge in [-0.25, -0.2) is 4.68 Å². The summed E-state index contributed by atoms with van der Waals surface area (Å²) in [5.74, 6) is -1.33. The van der Waals surface area contributed by atoms with Gasteiger partial charge in [-0.2, -0.15) is 5.10 Å². The van der Waals surface area contributed by atoms with Crippen LogP contribution in [0.5, 0.6) is 0 Å². The van der Waals surface area contributed by atoms with Gasteiger partial charge in [0.15, 0.2) is 5.69 Å². The number of nitrogens with one attached hydrogen (secondary N) is 2. The maximum absolute atomic E-state index is 12.4. The molecule has 9 heteroatoms. The quantitative estimate of drug-likeness (QED) is 0.680. The molecular weight excluding hydrogens is 326 g/mol. The number of aryl methyl sites for hydroxylation is 2. The highest BCUT2D eigenvalue weighted by Gasteiger charge is 2.18. The van der Waals surface area contributed by atoms with E-state index in [2.05, 4.69) is 21.1 Å². The van der Waals surface area contributed by atoms with Crippen LogP contribution >= 0.6 is 0 Å². The number of carbonyl (C=O) groups excluding carboxylic acids is 2. The molecule has 2 N–H and O–H groups in total. The fourth-order valence-corrected chi connectivity index (χ4v) is 2.32. The van der Waals surface area contributed by atoms with Crippen molar-refractivity contribution in [1.29, 1.82) is 0 Å². The van der Waals surface area contributed by atoms with Gasteiger partial charge in [-0.3, -0.25) is 25.2 Å². The van der Waals surface area contributed by atoms with Crippen molar-refractivity contribution in [2.75, 3.05) is 0 Å². The Morgan fingerprint density at radius 3 is 2.48 bits per heavy atom. The normalized spacial score (nSPS) is 10.6. The summed E-state index contributed by atoms with van der Waals surface area (Å²) in [5.41, 5.74) is 4.79. The Hall–Kier alpha value is -3.49. The van der Waals surface area contributed by atoms with E-state index in [1.807, 2.05) is 0 Å². The molecule has 0 aliphatic heterocycles. The van der Waals surface area contributed by atoms with Gasteiger partial charge in [0.25, 0.3) is 11.5 Å². The van der Waals surface area contributed by atoms with Crippen LogP contribution in [0.4, 0.5) is 0 Å². The Bertz CT molecular complexity index is 1020. The molecule has 0 bridgehead atoms. The topological polar surface area (TPSA) is 119 Å². The lowest BCUT2D eigenvalue weighted by Gasteiger charge is -2.10. The Morgan fingerprint density at radius 1 is 1.16 bits per heavy atom. The first-order chi connectivity index (χ1) is 12.0. The van der Waals surface area contributed by atoms with Crippen molar-refractivity contribution in [2.24, 2.45) is 0 Å². The van der Waals surface area contributed by atoms with Crippen LogP contribution in [0.1, 0.15) is 33.7 Å². The van der Waals surface area contributed by atoms with Gasteiger partial charge in [0.2, 0.25) is 5.76 Å². The highest BCUT2D eigenvalue weighted by atomic mass is 16.5. The summed E-state index contributed by atoms with van der Waals surface area (Å²) < 4.78 is 6.01. The second-order valence-corrected chi connectivity index (χ2v) is 5.26. The maximum Gasteiger partial charge on any atom is 0.308 e. The summed E-state index contributed by atoms with van der Waals surface area (Å²) in [6.07, 6.45) is 0. The van der Waals surface area contributed by atoms with Crippen molar-refractivity contribution in [2.45, 2.75) is 20.4 Å². The summed E-state index contributed by atoms with van der Waals surface area (Å²) >= 11 is 0. The van der Waals surface area contributed by atoms with Crippen LogP contribution in [-0.4, -0.2) is 26.8 Å². The molecule has 2 heterocycles. The van der Waals surface area contributed by atoms with Crippen LogP contribution in [0.3, 0.4) is 0 Å². The van der Waals surface area contributed by atoms with Crippen molar-refractivity contribution in [3.05, 3.63) is 57.8 Å². The van der Waals surface area contributed by atoms with Crippen molar-refractivity contribution in [3.8, 4) is 0 Å². The van der Waals surface area contributed by atoms with Gasteiger partial charge in [0.05, 0.1) is 11.1 Å². The number of hydrogen-bond acceptors (Lipinski definition) is 6. The minimum Gasteiger partial charge on any atom is -0.351 e. The molecule has 0 fully saturated rings. The highest BCUT2D eigenvalue weighted by molar-refractivity contribution is 6.05. The molecule has 9 nitrogen and oxygen atoms in total. The molecule has 128 valence electrons. The van der Waals surface area contributed by atoms with E-state index in [0.29, 0.717) is 23.0 Å². The first-order valence-corrected chi connectivity index (χ1v) is 7.55. The number of benzene rings is 1. The third kappa shape index (κ3) is 3.11. The molecule has 0 saturated heterocycles. The van der Waals surface area contributed by atoms with Gasteiger partial charge in [0.1, 0.15) is 0 Å². The molecule has 0 aliphatic carbocycles. The molecule has 0 radical (unpaired) electrons. The number of nitrogens with zero attached hydrogens (tertiary/aromatic N) is 3. The number of hydrogen-bond donors (Lipinski definition) is 2. The SMILES string of the molecule is CCn1nc(C(=O)NNC(=O)c2cc(C)no2)c2ccccc2c1=O. The van der Waals surface area contributed by atoms with Crippen molar-refractivity contribution >= 4 is 22.6 Å². The summed E-state index contributed by atoms with van der Waals surface area (Å²) in [4.78, 5) is 36.6. The average Bonchev–Trinajstić information content (AvgIpc) is 3.06. The van der Waals surface area contributed by atoms with Crippen LogP contribution in [0, 0.1) is 6.92 Å². The number of hydrazine groups is 1. The zero-order valence-electron chi connectivity index (χ0n) is 13.6. The largest absolute Gasteiger partial charge is 0.351 e. The van der Waals surface area contributed by atoms with Crippen LogP contribution < -0.4 is 16.4 Å². The van der Waals surface area contributed by atoms with Gasteiger partial charge < -0.3 is 4.52 Å². The summed E-state index contributed by atoms with van der Waals surface area (Å²) in [6, 6.07) is 8.09. The molecule has 1 aromatic carbocycles. The smallest absolute Gasteiger partial charge is 0.308 e. The molecule has 2 amide bonds.